The van der Waals surface area contributed by atoms with Gasteiger partial charge in [0.05, 0.1) is 5.02 Å². The first-order chi connectivity index (χ1) is 8.19. The van der Waals surface area contributed by atoms with Gasteiger partial charge in [0, 0.05) is 12.6 Å². The quantitative estimate of drug-likeness (QED) is 0.909. The van der Waals surface area contributed by atoms with Gasteiger partial charge in [0.1, 0.15) is 23.8 Å². The van der Waals surface area contributed by atoms with Gasteiger partial charge in [0.15, 0.2) is 0 Å². The van der Waals surface area contributed by atoms with E-state index in [0.29, 0.717) is 23.9 Å². The number of hydrogen-bond donors (Lipinski definition) is 1. The number of halogens is 1. The van der Waals surface area contributed by atoms with Crippen molar-refractivity contribution < 1.29 is 9.26 Å². The lowest BCUT2D eigenvalue weighted by Crippen LogP contribution is -1.99. The predicted octanol–water partition coefficient (Wildman–Crippen LogP) is 2.67. The van der Waals surface area contributed by atoms with Crippen LogP contribution in [0.2, 0.25) is 5.02 Å². The van der Waals surface area contributed by atoms with Gasteiger partial charge in [0.2, 0.25) is 0 Å². The van der Waals surface area contributed by atoms with Gasteiger partial charge in [-0.1, -0.05) is 22.8 Å². The molecule has 1 aromatic heterocycles. The van der Waals surface area contributed by atoms with Gasteiger partial charge < -0.3 is 15.0 Å². The van der Waals surface area contributed by atoms with Gasteiger partial charge in [-0.3, -0.25) is 0 Å². The minimum Gasteiger partial charge on any atom is -0.486 e. The Labute approximate surface area is 104 Å². The summed E-state index contributed by atoms with van der Waals surface area (Å²) in [7, 11) is 0. The zero-order chi connectivity index (χ0) is 12.3. The van der Waals surface area contributed by atoms with Gasteiger partial charge in [-0.25, -0.2) is 0 Å². The fourth-order valence-electron chi connectivity index (χ4n) is 1.43. The molecule has 0 radical (unpaired) electrons. The normalized spacial score (nSPS) is 10.5. The Hall–Kier alpha value is -1.52. The highest BCUT2D eigenvalue weighted by molar-refractivity contribution is 6.32. The predicted molar refractivity (Wildman–Crippen MR) is 64.9 cm³/mol. The summed E-state index contributed by atoms with van der Waals surface area (Å²) in [6, 6.07) is 7.31. The third-order valence-corrected chi connectivity index (χ3v) is 2.58. The van der Waals surface area contributed by atoms with Crippen LogP contribution < -0.4 is 10.5 Å². The maximum Gasteiger partial charge on any atom is 0.138 e. The molecule has 0 unspecified atom stereocenters. The van der Waals surface area contributed by atoms with Crippen LogP contribution in [0.5, 0.6) is 5.75 Å². The molecule has 0 fully saturated rings. The molecule has 0 saturated carbocycles. The van der Waals surface area contributed by atoms with E-state index in [0.717, 1.165) is 17.0 Å². The molecule has 0 amide bonds. The van der Waals surface area contributed by atoms with Crippen molar-refractivity contribution in [3.05, 3.63) is 46.3 Å². The van der Waals surface area contributed by atoms with E-state index in [1.165, 1.54) is 0 Å². The number of hydrogen-bond acceptors (Lipinski definition) is 4. The summed E-state index contributed by atoms with van der Waals surface area (Å²) in [5.74, 6) is 1.37. The van der Waals surface area contributed by atoms with E-state index in [9.17, 15) is 0 Å². The lowest BCUT2D eigenvalue weighted by atomic mass is 10.2. The summed E-state index contributed by atoms with van der Waals surface area (Å²) in [5, 5.41) is 4.38. The summed E-state index contributed by atoms with van der Waals surface area (Å²) in [6.45, 7) is 2.63. The van der Waals surface area contributed by atoms with Crippen LogP contribution in [-0.2, 0) is 13.2 Å². The van der Waals surface area contributed by atoms with Crippen molar-refractivity contribution in [3.8, 4) is 5.75 Å². The van der Waals surface area contributed by atoms with Crippen LogP contribution in [0.25, 0.3) is 0 Å². The second-order valence-electron chi connectivity index (χ2n) is 3.69. The highest BCUT2D eigenvalue weighted by atomic mass is 35.5. The number of nitrogens with two attached hydrogens (primary N) is 1. The summed E-state index contributed by atoms with van der Waals surface area (Å²) in [5.41, 5.74) is 7.22. The Morgan fingerprint density at radius 1 is 1.41 bits per heavy atom. The Morgan fingerprint density at radius 3 is 2.82 bits per heavy atom. The van der Waals surface area contributed by atoms with Crippen LogP contribution in [0.15, 0.2) is 28.8 Å². The molecule has 0 saturated heterocycles. The number of benzene rings is 1. The topological polar surface area (TPSA) is 61.3 Å². The van der Waals surface area contributed by atoms with E-state index in [2.05, 4.69) is 5.16 Å². The van der Waals surface area contributed by atoms with Crippen molar-refractivity contribution in [2.24, 2.45) is 5.73 Å². The number of rotatable bonds is 4. The number of aryl methyl sites for hydroxylation is 1. The van der Waals surface area contributed by atoms with Crippen LogP contribution >= 0.6 is 11.6 Å². The molecule has 0 aliphatic carbocycles. The third-order valence-electron chi connectivity index (χ3n) is 2.28. The van der Waals surface area contributed by atoms with E-state index >= 15 is 0 Å². The first kappa shape index (κ1) is 12.0. The van der Waals surface area contributed by atoms with Crippen molar-refractivity contribution >= 4 is 11.6 Å². The average Bonchev–Trinajstić information content (AvgIpc) is 2.73. The smallest absolute Gasteiger partial charge is 0.138 e. The van der Waals surface area contributed by atoms with Crippen molar-refractivity contribution in [1.29, 1.82) is 0 Å². The van der Waals surface area contributed by atoms with Crippen molar-refractivity contribution in [2.45, 2.75) is 20.1 Å². The highest BCUT2D eigenvalue weighted by Crippen LogP contribution is 2.26. The molecule has 0 bridgehead atoms. The van der Waals surface area contributed by atoms with Gasteiger partial charge in [-0.05, 0) is 24.6 Å². The molecule has 2 rings (SSSR count). The maximum absolute atomic E-state index is 6.06. The second-order valence-corrected chi connectivity index (χ2v) is 4.09. The fourth-order valence-corrected chi connectivity index (χ4v) is 1.68. The molecule has 2 aromatic rings. The van der Waals surface area contributed by atoms with Crippen molar-refractivity contribution in [2.75, 3.05) is 0 Å². The Balaban J connectivity index is 2.04. The second kappa shape index (κ2) is 5.21. The number of nitrogens with zero attached hydrogens (tertiary/aromatic N) is 1. The lowest BCUT2D eigenvalue weighted by Gasteiger charge is -2.07. The van der Waals surface area contributed by atoms with Gasteiger partial charge >= 0.3 is 0 Å². The van der Waals surface area contributed by atoms with Crippen LogP contribution in [0.3, 0.4) is 0 Å². The first-order valence-electron chi connectivity index (χ1n) is 5.22. The SMILES string of the molecule is Cc1cc(COc2ccc(CN)cc2Cl)no1. The molecule has 4 nitrogen and oxygen atoms in total. The van der Waals surface area contributed by atoms with E-state index in [1.54, 1.807) is 12.1 Å². The standard InChI is InChI=1S/C12H13ClN2O2/c1-8-4-10(15-17-8)7-16-12-3-2-9(6-14)5-11(12)13/h2-5H,6-7,14H2,1H3. The first-order valence-corrected chi connectivity index (χ1v) is 5.60. The monoisotopic (exact) mass is 252 g/mol. The van der Waals surface area contributed by atoms with Crippen LogP contribution in [0.4, 0.5) is 0 Å². The zero-order valence-corrected chi connectivity index (χ0v) is 10.2. The van der Waals surface area contributed by atoms with Gasteiger partial charge in [-0.15, -0.1) is 0 Å². The molecule has 0 aliphatic rings. The minimum atomic E-state index is 0.332. The fraction of sp³-hybridized carbons (Fsp3) is 0.250. The largest absolute Gasteiger partial charge is 0.486 e. The van der Waals surface area contributed by atoms with Crippen LogP contribution in [0, 0.1) is 6.92 Å². The molecule has 0 aliphatic heterocycles. The van der Waals surface area contributed by atoms with Crippen LogP contribution in [0.1, 0.15) is 17.0 Å². The molecule has 5 heteroatoms. The lowest BCUT2D eigenvalue weighted by molar-refractivity contribution is 0.288. The Bertz CT molecular complexity index is 511. The average molecular weight is 253 g/mol. The number of ether oxygens (including phenoxy) is 1. The van der Waals surface area contributed by atoms with Crippen molar-refractivity contribution in [1.82, 2.24) is 5.16 Å². The molecule has 1 aromatic carbocycles. The van der Waals surface area contributed by atoms with Crippen LogP contribution in [-0.4, -0.2) is 5.16 Å². The summed E-state index contributed by atoms with van der Waals surface area (Å²) >= 11 is 6.06. The third kappa shape index (κ3) is 2.99. The highest BCUT2D eigenvalue weighted by Gasteiger charge is 2.05. The van der Waals surface area contributed by atoms with Crippen molar-refractivity contribution in [3.63, 3.8) is 0 Å². The maximum atomic E-state index is 6.06. The van der Waals surface area contributed by atoms with E-state index in [1.807, 2.05) is 19.1 Å². The molecule has 90 valence electrons. The van der Waals surface area contributed by atoms with E-state index in [4.69, 9.17) is 26.6 Å². The molecule has 1 heterocycles. The summed E-state index contributed by atoms with van der Waals surface area (Å²) in [4.78, 5) is 0. The Morgan fingerprint density at radius 2 is 2.24 bits per heavy atom. The van der Waals surface area contributed by atoms with Gasteiger partial charge in [-0.2, -0.15) is 0 Å². The Kier molecular flexibility index (Phi) is 3.66. The molecular weight excluding hydrogens is 240 g/mol. The summed E-state index contributed by atoms with van der Waals surface area (Å²) < 4.78 is 10.5. The van der Waals surface area contributed by atoms with E-state index < -0.39 is 0 Å². The van der Waals surface area contributed by atoms with Gasteiger partial charge in [0.25, 0.3) is 0 Å². The zero-order valence-electron chi connectivity index (χ0n) is 9.44. The molecule has 0 spiro atoms. The molecule has 17 heavy (non-hydrogen) atoms. The summed E-state index contributed by atoms with van der Waals surface area (Å²) in [6.07, 6.45) is 0. The molecular formula is C12H13ClN2O2. The minimum absolute atomic E-state index is 0.332. The van der Waals surface area contributed by atoms with E-state index in [-0.39, 0.29) is 0 Å². The molecule has 0 atom stereocenters. The number of aromatic nitrogens is 1. The molecule has 2 N–H and O–H groups in total.